The van der Waals surface area contributed by atoms with Crippen LogP contribution in [0.3, 0.4) is 0 Å². The van der Waals surface area contributed by atoms with Crippen LogP contribution < -0.4 is 20.1 Å². The van der Waals surface area contributed by atoms with Crippen LogP contribution in [0.2, 0.25) is 0 Å². The van der Waals surface area contributed by atoms with Crippen LogP contribution in [0.4, 0.5) is 5.69 Å². The number of methoxy groups -OCH3 is 1. The molecule has 1 aliphatic rings. The standard InChI is InChI=1S/C27H30N2O4/c1-16(2)33-25-15-23-20(13-24(25)32-4)14-26(31)29(21-9-5-18(6-10-21)17(3)28)27(23)19-7-11-22(30)12-8-19/h5-13,15-17,27,30H,14,28H2,1-4H3/t17?,27-/m1/s1. The smallest absolute Gasteiger partial charge is 0.232 e. The third kappa shape index (κ3) is 4.52. The minimum Gasteiger partial charge on any atom is -0.508 e. The van der Waals surface area contributed by atoms with E-state index in [2.05, 4.69) is 0 Å². The van der Waals surface area contributed by atoms with Gasteiger partial charge in [0.05, 0.1) is 25.7 Å². The van der Waals surface area contributed by atoms with Gasteiger partial charge in [-0.05, 0) is 79.4 Å². The zero-order valence-electron chi connectivity index (χ0n) is 19.4. The average molecular weight is 447 g/mol. The van der Waals surface area contributed by atoms with Crippen molar-refractivity contribution in [2.24, 2.45) is 5.73 Å². The number of hydrogen-bond acceptors (Lipinski definition) is 5. The first-order valence-corrected chi connectivity index (χ1v) is 11.1. The number of ether oxygens (including phenoxy) is 2. The van der Waals surface area contributed by atoms with Crippen molar-refractivity contribution in [3.8, 4) is 17.2 Å². The third-order valence-corrected chi connectivity index (χ3v) is 5.86. The van der Waals surface area contributed by atoms with Crippen LogP contribution in [0, 0.1) is 0 Å². The van der Waals surface area contributed by atoms with Gasteiger partial charge in [0.1, 0.15) is 5.75 Å². The molecule has 2 atom stereocenters. The number of aromatic hydroxyl groups is 1. The van der Waals surface area contributed by atoms with Crippen molar-refractivity contribution < 1.29 is 19.4 Å². The predicted octanol–water partition coefficient (Wildman–Crippen LogP) is 4.89. The zero-order valence-corrected chi connectivity index (χ0v) is 19.4. The SMILES string of the molecule is COc1cc2c(cc1OC(C)C)[C@@H](c1ccc(O)cc1)N(c1ccc(C(C)N)cc1)C(=O)C2. The Morgan fingerprint density at radius 3 is 2.24 bits per heavy atom. The molecule has 0 bridgehead atoms. The molecule has 6 heteroatoms. The molecular formula is C27H30N2O4. The maximum absolute atomic E-state index is 13.5. The summed E-state index contributed by atoms with van der Waals surface area (Å²) in [6.45, 7) is 5.86. The van der Waals surface area contributed by atoms with E-state index >= 15 is 0 Å². The lowest BCUT2D eigenvalue weighted by Gasteiger charge is -2.38. The van der Waals surface area contributed by atoms with Gasteiger partial charge >= 0.3 is 0 Å². The van der Waals surface area contributed by atoms with Crippen molar-refractivity contribution in [1.82, 2.24) is 0 Å². The molecule has 172 valence electrons. The fourth-order valence-corrected chi connectivity index (χ4v) is 4.28. The van der Waals surface area contributed by atoms with Crippen LogP contribution in [0.1, 0.15) is 55.1 Å². The molecule has 0 aromatic heterocycles. The van der Waals surface area contributed by atoms with Crippen molar-refractivity contribution >= 4 is 11.6 Å². The second kappa shape index (κ2) is 9.16. The number of benzene rings is 3. The highest BCUT2D eigenvalue weighted by Gasteiger charge is 2.36. The van der Waals surface area contributed by atoms with E-state index in [-0.39, 0.29) is 36.3 Å². The minimum atomic E-state index is -0.386. The van der Waals surface area contributed by atoms with E-state index < -0.39 is 0 Å². The molecule has 0 saturated heterocycles. The normalized spacial score (nSPS) is 16.5. The van der Waals surface area contributed by atoms with Crippen LogP contribution in [0.5, 0.6) is 17.2 Å². The fraction of sp³-hybridized carbons (Fsp3) is 0.296. The summed E-state index contributed by atoms with van der Waals surface area (Å²) in [5, 5.41) is 9.85. The van der Waals surface area contributed by atoms with Gasteiger partial charge in [-0.2, -0.15) is 0 Å². The molecule has 1 aliphatic heterocycles. The second-order valence-electron chi connectivity index (χ2n) is 8.68. The van der Waals surface area contributed by atoms with Gasteiger partial charge in [-0.15, -0.1) is 0 Å². The highest BCUT2D eigenvalue weighted by atomic mass is 16.5. The number of phenols is 1. The summed E-state index contributed by atoms with van der Waals surface area (Å²) in [4.78, 5) is 15.3. The lowest BCUT2D eigenvalue weighted by Crippen LogP contribution is -2.41. The van der Waals surface area contributed by atoms with Gasteiger partial charge in [0.2, 0.25) is 5.91 Å². The molecule has 4 rings (SSSR count). The Morgan fingerprint density at radius 1 is 1.00 bits per heavy atom. The molecule has 33 heavy (non-hydrogen) atoms. The average Bonchev–Trinajstić information content (AvgIpc) is 2.78. The summed E-state index contributed by atoms with van der Waals surface area (Å²) in [5.41, 5.74) is 10.6. The van der Waals surface area contributed by atoms with E-state index in [4.69, 9.17) is 15.2 Å². The quantitative estimate of drug-likeness (QED) is 0.563. The Bertz CT molecular complexity index is 1140. The highest BCUT2D eigenvalue weighted by molar-refractivity contribution is 5.98. The predicted molar refractivity (Wildman–Crippen MR) is 129 cm³/mol. The van der Waals surface area contributed by atoms with Crippen LogP contribution >= 0.6 is 0 Å². The van der Waals surface area contributed by atoms with Gasteiger partial charge in [0.25, 0.3) is 0 Å². The molecule has 0 aliphatic carbocycles. The summed E-state index contributed by atoms with van der Waals surface area (Å²) in [6, 6.07) is 18.1. The Balaban J connectivity index is 1.89. The number of carbonyl (C=O) groups is 1. The lowest BCUT2D eigenvalue weighted by molar-refractivity contribution is -0.118. The first kappa shape index (κ1) is 22.7. The van der Waals surface area contributed by atoms with E-state index in [0.29, 0.717) is 11.5 Å². The molecule has 1 heterocycles. The molecule has 0 saturated carbocycles. The van der Waals surface area contributed by atoms with E-state index in [1.54, 1.807) is 19.2 Å². The number of nitrogens with zero attached hydrogens (tertiary/aromatic N) is 1. The van der Waals surface area contributed by atoms with Crippen LogP contribution in [-0.2, 0) is 11.2 Å². The number of hydrogen-bond donors (Lipinski definition) is 2. The number of amides is 1. The van der Waals surface area contributed by atoms with Gasteiger partial charge in [0, 0.05) is 11.7 Å². The number of anilines is 1. The van der Waals surface area contributed by atoms with E-state index in [1.165, 1.54) is 0 Å². The van der Waals surface area contributed by atoms with Crippen LogP contribution in [0.15, 0.2) is 60.7 Å². The number of carbonyl (C=O) groups excluding carboxylic acids is 1. The maximum atomic E-state index is 13.5. The molecule has 3 aromatic carbocycles. The molecule has 3 N–H and O–H groups in total. The maximum Gasteiger partial charge on any atom is 0.232 e. The molecule has 6 nitrogen and oxygen atoms in total. The van der Waals surface area contributed by atoms with Gasteiger partial charge in [-0.3, -0.25) is 4.79 Å². The Morgan fingerprint density at radius 2 is 1.67 bits per heavy atom. The summed E-state index contributed by atoms with van der Waals surface area (Å²) in [5.74, 6) is 1.40. The molecule has 0 spiro atoms. The topological polar surface area (TPSA) is 85.0 Å². The minimum absolute atomic E-state index is 0.0197. The van der Waals surface area contributed by atoms with Crippen molar-refractivity contribution in [3.63, 3.8) is 0 Å². The van der Waals surface area contributed by atoms with Crippen molar-refractivity contribution in [2.45, 2.75) is 45.4 Å². The Hall–Kier alpha value is -3.51. The van der Waals surface area contributed by atoms with Gasteiger partial charge < -0.3 is 25.2 Å². The summed E-state index contributed by atoms with van der Waals surface area (Å²) >= 11 is 0. The lowest BCUT2D eigenvalue weighted by atomic mass is 9.86. The number of phenolic OH excluding ortho intramolecular Hbond substituents is 1. The van der Waals surface area contributed by atoms with Crippen molar-refractivity contribution in [1.29, 1.82) is 0 Å². The number of rotatable bonds is 6. The summed E-state index contributed by atoms with van der Waals surface area (Å²) in [6.07, 6.45) is 0.216. The fourth-order valence-electron chi connectivity index (χ4n) is 4.28. The van der Waals surface area contributed by atoms with Gasteiger partial charge in [0.15, 0.2) is 11.5 Å². The van der Waals surface area contributed by atoms with E-state index in [0.717, 1.165) is 27.9 Å². The van der Waals surface area contributed by atoms with Crippen molar-refractivity contribution in [3.05, 3.63) is 82.9 Å². The number of nitrogens with two attached hydrogens (primary N) is 1. The first-order valence-electron chi connectivity index (χ1n) is 11.1. The van der Waals surface area contributed by atoms with Crippen LogP contribution in [0.25, 0.3) is 0 Å². The molecule has 3 aromatic rings. The first-order chi connectivity index (χ1) is 15.8. The summed E-state index contributed by atoms with van der Waals surface area (Å²) < 4.78 is 11.6. The molecule has 0 fully saturated rings. The van der Waals surface area contributed by atoms with Crippen molar-refractivity contribution in [2.75, 3.05) is 12.0 Å². The second-order valence-corrected chi connectivity index (χ2v) is 8.68. The molecule has 0 radical (unpaired) electrons. The monoisotopic (exact) mass is 446 g/mol. The zero-order chi connectivity index (χ0) is 23.7. The molecular weight excluding hydrogens is 416 g/mol. The largest absolute Gasteiger partial charge is 0.508 e. The summed E-state index contributed by atoms with van der Waals surface area (Å²) in [7, 11) is 1.60. The number of fused-ring (bicyclic) bond motifs is 1. The van der Waals surface area contributed by atoms with Crippen LogP contribution in [-0.4, -0.2) is 24.2 Å². The van der Waals surface area contributed by atoms with E-state index in [9.17, 15) is 9.90 Å². The highest BCUT2D eigenvalue weighted by Crippen LogP contribution is 2.43. The Kier molecular flexibility index (Phi) is 6.29. The van der Waals surface area contributed by atoms with Gasteiger partial charge in [-0.25, -0.2) is 0 Å². The molecule has 1 amide bonds. The Labute approximate surface area is 194 Å². The molecule has 1 unspecified atom stereocenters. The van der Waals surface area contributed by atoms with E-state index in [1.807, 2.05) is 74.2 Å². The third-order valence-electron chi connectivity index (χ3n) is 5.86. The van der Waals surface area contributed by atoms with Gasteiger partial charge in [-0.1, -0.05) is 24.3 Å².